The molecule has 0 saturated carbocycles. The maximum Gasteiger partial charge on any atom is 0.142 e. The summed E-state index contributed by atoms with van der Waals surface area (Å²) in [5, 5.41) is 15.3. The molecular formula is C13H14Cl2FN3O. The molecule has 2 rings (SSSR count). The number of benzene rings is 1. The molecule has 1 aromatic carbocycles. The topological polar surface area (TPSA) is 50.9 Å². The third kappa shape index (κ3) is 2.95. The summed E-state index contributed by atoms with van der Waals surface area (Å²) in [6, 6.07) is 4.58. The van der Waals surface area contributed by atoms with Gasteiger partial charge in [-0.25, -0.2) is 14.1 Å². The molecule has 1 aromatic heterocycles. The highest BCUT2D eigenvalue weighted by atomic mass is 35.5. The molecule has 108 valence electrons. The van der Waals surface area contributed by atoms with E-state index in [4.69, 9.17) is 23.2 Å². The average Bonchev–Trinajstić information content (AvgIpc) is 2.90. The molecule has 0 spiro atoms. The number of nitrogens with zero attached hydrogens (tertiary/aromatic N) is 3. The van der Waals surface area contributed by atoms with Crippen molar-refractivity contribution in [3.63, 3.8) is 0 Å². The quantitative estimate of drug-likeness (QED) is 0.921. The van der Waals surface area contributed by atoms with Crippen molar-refractivity contribution >= 4 is 23.2 Å². The lowest BCUT2D eigenvalue weighted by atomic mass is 9.87. The van der Waals surface area contributed by atoms with Crippen LogP contribution in [0.4, 0.5) is 4.39 Å². The van der Waals surface area contributed by atoms with Crippen molar-refractivity contribution < 1.29 is 9.50 Å². The Kier molecular flexibility index (Phi) is 4.62. The fourth-order valence-corrected chi connectivity index (χ4v) is 2.66. The van der Waals surface area contributed by atoms with Gasteiger partial charge in [0.1, 0.15) is 24.4 Å². The maximum absolute atomic E-state index is 14.3. The Balaban J connectivity index is 2.45. The Hall–Kier alpha value is -1.17. The zero-order valence-corrected chi connectivity index (χ0v) is 12.3. The van der Waals surface area contributed by atoms with E-state index in [1.54, 1.807) is 13.0 Å². The van der Waals surface area contributed by atoms with E-state index in [9.17, 15) is 9.50 Å². The van der Waals surface area contributed by atoms with Crippen LogP contribution in [0.2, 0.25) is 10.0 Å². The van der Waals surface area contributed by atoms with Crippen LogP contribution in [0.1, 0.15) is 18.9 Å². The third-order valence-corrected chi connectivity index (χ3v) is 3.69. The molecule has 20 heavy (non-hydrogen) atoms. The largest absolute Gasteiger partial charge is 0.380 e. The molecule has 0 aliphatic rings. The molecular weight excluding hydrogens is 304 g/mol. The van der Waals surface area contributed by atoms with Gasteiger partial charge in [0.25, 0.3) is 0 Å². The summed E-state index contributed by atoms with van der Waals surface area (Å²) in [4.78, 5) is 3.79. The Bertz CT molecular complexity index is 579. The molecule has 2 unspecified atom stereocenters. The Morgan fingerprint density at radius 3 is 2.75 bits per heavy atom. The van der Waals surface area contributed by atoms with E-state index in [1.807, 2.05) is 0 Å². The lowest BCUT2D eigenvalue weighted by Gasteiger charge is -2.32. The highest BCUT2D eigenvalue weighted by molar-refractivity contribution is 6.35. The molecule has 0 bridgehead atoms. The standard InChI is InChI=1S/C13H14Cl2FN3O/c1-2-12(16)13(20,6-19-8-17-7-18-19)10-4-3-9(14)5-11(10)15/h3-5,7-8,12,20H,2,6H2,1H3. The van der Waals surface area contributed by atoms with Gasteiger partial charge in [0.2, 0.25) is 0 Å². The number of aromatic nitrogens is 3. The fourth-order valence-electron chi connectivity index (χ4n) is 2.09. The first-order valence-electron chi connectivity index (χ1n) is 6.11. The minimum Gasteiger partial charge on any atom is -0.380 e. The number of alkyl halides is 1. The summed E-state index contributed by atoms with van der Waals surface area (Å²) in [6.45, 7) is 1.57. The first kappa shape index (κ1) is 15.2. The van der Waals surface area contributed by atoms with E-state index in [0.717, 1.165) is 0 Å². The minimum atomic E-state index is -1.79. The van der Waals surface area contributed by atoms with Crippen LogP contribution in [0.3, 0.4) is 0 Å². The van der Waals surface area contributed by atoms with Crippen molar-refractivity contribution in [2.45, 2.75) is 31.7 Å². The van der Waals surface area contributed by atoms with E-state index in [1.165, 1.54) is 29.5 Å². The first-order chi connectivity index (χ1) is 9.47. The van der Waals surface area contributed by atoms with Gasteiger partial charge in [-0.05, 0) is 18.6 Å². The molecule has 7 heteroatoms. The fraction of sp³-hybridized carbons (Fsp3) is 0.385. The van der Waals surface area contributed by atoms with Crippen molar-refractivity contribution in [1.82, 2.24) is 14.8 Å². The Labute approximate surface area is 126 Å². The molecule has 0 saturated heterocycles. The zero-order chi connectivity index (χ0) is 14.8. The molecule has 0 amide bonds. The van der Waals surface area contributed by atoms with Crippen molar-refractivity contribution in [2.75, 3.05) is 0 Å². The van der Waals surface area contributed by atoms with E-state index in [0.29, 0.717) is 5.02 Å². The van der Waals surface area contributed by atoms with Crippen LogP contribution in [-0.2, 0) is 12.1 Å². The van der Waals surface area contributed by atoms with Crippen LogP contribution in [0.25, 0.3) is 0 Å². The summed E-state index contributed by atoms with van der Waals surface area (Å²) in [7, 11) is 0. The summed E-state index contributed by atoms with van der Waals surface area (Å²) >= 11 is 11.9. The van der Waals surface area contributed by atoms with Crippen LogP contribution in [-0.4, -0.2) is 26.0 Å². The van der Waals surface area contributed by atoms with Gasteiger partial charge < -0.3 is 5.11 Å². The van der Waals surface area contributed by atoms with Crippen molar-refractivity contribution in [2.24, 2.45) is 0 Å². The van der Waals surface area contributed by atoms with Crippen molar-refractivity contribution in [3.8, 4) is 0 Å². The predicted molar refractivity (Wildman–Crippen MR) is 75.6 cm³/mol. The summed E-state index contributed by atoms with van der Waals surface area (Å²) < 4.78 is 15.7. The number of aliphatic hydroxyl groups is 1. The molecule has 0 radical (unpaired) electrons. The van der Waals surface area contributed by atoms with Crippen LogP contribution < -0.4 is 0 Å². The third-order valence-electron chi connectivity index (χ3n) is 3.14. The van der Waals surface area contributed by atoms with E-state index >= 15 is 0 Å². The second-order valence-corrected chi connectivity index (χ2v) is 5.36. The first-order valence-corrected chi connectivity index (χ1v) is 6.87. The molecule has 2 aromatic rings. The van der Waals surface area contributed by atoms with E-state index in [2.05, 4.69) is 10.1 Å². The number of hydrogen-bond acceptors (Lipinski definition) is 3. The number of rotatable bonds is 5. The average molecular weight is 318 g/mol. The Morgan fingerprint density at radius 1 is 1.45 bits per heavy atom. The SMILES string of the molecule is CCC(F)C(O)(Cn1cncn1)c1ccc(Cl)cc1Cl. The van der Waals surface area contributed by atoms with Crippen molar-refractivity contribution in [3.05, 3.63) is 46.5 Å². The van der Waals surface area contributed by atoms with Crippen LogP contribution in [0.5, 0.6) is 0 Å². The number of hydrogen-bond donors (Lipinski definition) is 1. The molecule has 1 heterocycles. The van der Waals surface area contributed by atoms with Gasteiger partial charge in [-0.1, -0.05) is 36.2 Å². The molecule has 0 aliphatic heterocycles. The van der Waals surface area contributed by atoms with Gasteiger partial charge in [-0.3, -0.25) is 0 Å². The van der Waals surface area contributed by atoms with Crippen molar-refractivity contribution in [1.29, 1.82) is 0 Å². The molecule has 2 atom stereocenters. The van der Waals surface area contributed by atoms with Crippen LogP contribution in [0.15, 0.2) is 30.9 Å². The monoisotopic (exact) mass is 317 g/mol. The molecule has 1 N–H and O–H groups in total. The van der Waals surface area contributed by atoms with E-state index in [-0.39, 0.29) is 23.6 Å². The predicted octanol–water partition coefficient (Wildman–Crippen LogP) is 3.22. The van der Waals surface area contributed by atoms with Gasteiger partial charge >= 0.3 is 0 Å². The van der Waals surface area contributed by atoms with Gasteiger partial charge in [-0.15, -0.1) is 0 Å². The lowest BCUT2D eigenvalue weighted by molar-refractivity contribution is -0.0584. The normalized spacial score (nSPS) is 15.8. The summed E-state index contributed by atoms with van der Waals surface area (Å²) in [5.74, 6) is 0. The summed E-state index contributed by atoms with van der Waals surface area (Å²) in [6.07, 6.45) is 1.38. The highest BCUT2D eigenvalue weighted by Crippen LogP contribution is 2.36. The van der Waals surface area contributed by atoms with Gasteiger partial charge in [0, 0.05) is 15.6 Å². The highest BCUT2D eigenvalue weighted by Gasteiger charge is 2.40. The van der Waals surface area contributed by atoms with Crippen LogP contribution >= 0.6 is 23.2 Å². The second kappa shape index (κ2) is 6.08. The molecule has 0 aliphatic carbocycles. The summed E-state index contributed by atoms with van der Waals surface area (Å²) in [5.41, 5.74) is -1.50. The zero-order valence-electron chi connectivity index (χ0n) is 10.8. The number of halogens is 3. The Morgan fingerprint density at radius 2 is 2.20 bits per heavy atom. The van der Waals surface area contributed by atoms with Gasteiger partial charge in [0.15, 0.2) is 0 Å². The molecule has 4 nitrogen and oxygen atoms in total. The molecule has 0 fully saturated rings. The van der Waals surface area contributed by atoms with Gasteiger partial charge in [-0.2, -0.15) is 5.10 Å². The minimum absolute atomic E-state index is 0.0800. The van der Waals surface area contributed by atoms with Crippen LogP contribution in [0, 0.1) is 0 Å². The second-order valence-electron chi connectivity index (χ2n) is 4.52. The van der Waals surface area contributed by atoms with E-state index < -0.39 is 11.8 Å². The maximum atomic E-state index is 14.3. The smallest absolute Gasteiger partial charge is 0.142 e. The van der Waals surface area contributed by atoms with Gasteiger partial charge in [0.05, 0.1) is 6.54 Å². The lowest BCUT2D eigenvalue weighted by Crippen LogP contribution is -2.41.